The maximum Gasteiger partial charge on any atom is 0.185 e. The maximum atomic E-state index is 11.7. The monoisotopic (exact) mass is 290 g/mol. The van der Waals surface area contributed by atoms with Crippen LogP contribution in [0.2, 0.25) is 0 Å². The molecule has 0 saturated heterocycles. The van der Waals surface area contributed by atoms with E-state index in [0.717, 1.165) is 16.9 Å². The lowest BCUT2D eigenvalue weighted by Gasteiger charge is -1.94. The Balaban J connectivity index is 0.000000246. The summed E-state index contributed by atoms with van der Waals surface area (Å²) < 4.78 is 4.83. The molecule has 0 amide bonds. The molecule has 3 aromatic rings. The highest BCUT2D eigenvalue weighted by atomic mass is 16.3. The molecule has 2 heteroatoms. The van der Waals surface area contributed by atoms with E-state index in [2.05, 4.69) is 0 Å². The number of furan rings is 1. The molecule has 1 heterocycles. The Morgan fingerprint density at radius 3 is 2.00 bits per heavy atom. The van der Waals surface area contributed by atoms with E-state index in [4.69, 9.17) is 4.42 Å². The molecule has 0 bridgehead atoms. The van der Waals surface area contributed by atoms with E-state index in [9.17, 15) is 4.79 Å². The number of benzene rings is 2. The van der Waals surface area contributed by atoms with Crippen LogP contribution >= 0.6 is 0 Å². The van der Waals surface area contributed by atoms with Crippen molar-refractivity contribution in [3.63, 3.8) is 0 Å². The van der Waals surface area contributed by atoms with Gasteiger partial charge < -0.3 is 4.42 Å². The van der Waals surface area contributed by atoms with E-state index in [-0.39, 0.29) is 5.78 Å². The molecule has 0 aliphatic rings. The zero-order valence-electron chi connectivity index (χ0n) is 12.5. The highest BCUT2D eigenvalue weighted by molar-refractivity contribution is 6.06. The van der Waals surface area contributed by atoms with E-state index in [0.29, 0.717) is 0 Å². The standard InChI is InChI=1S/C15H12O.C5H6O/c16-15(14-9-5-2-6-10-14)12-11-13-7-3-1-4-8-13;1-5-3-2-4-6-5/h1-12H;2-4H,1H3. The number of aryl methyl sites for hydroxylation is 1. The van der Waals surface area contributed by atoms with Gasteiger partial charge in [0.25, 0.3) is 0 Å². The molecular weight excluding hydrogens is 272 g/mol. The van der Waals surface area contributed by atoms with Crippen molar-refractivity contribution in [3.8, 4) is 0 Å². The summed E-state index contributed by atoms with van der Waals surface area (Å²) in [6.07, 6.45) is 5.09. The van der Waals surface area contributed by atoms with E-state index in [1.165, 1.54) is 0 Å². The summed E-state index contributed by atoms with van der Waals surface area (Å²) in [5, 5.41) is 0. The summed E-state index contributed by atoms with van der Waals surface area (Å²) in [6.45, 7) is 1.92. The van der Waals surface area contributed by atoms with E-state index in [1.807, 2.05) is 85.8 Å². The topological polar surface area (TPSA) is 30.2 Å². The minimum Gasteiger partial charge on any atom is -0.470 e. The lowest BCUT2D eigenvalue weighted by molar-refractivity contribution is 0.104. The first-order valence-corrected chi connectivity index (χ1v) is 7.08. The highest BCUT2D eigenvalue weighted by Gasteiger charge is 1.98. The Kier molecular flexibility index (Phi) is 5.94. The Morgan fingerprint density at radius 2 is 1.50 bits per heavy atom. The molecule has 0 radical (unpaired) electrons. The normalized spacial score (nSPS) is 10.0. The first-order valence-electron chi connectivity index (χ1n) is 7.08. The molecule has 3 rings (SSSR count). The van der Waals surface area contributed by atoms with Crippen LogP contribution in [0.25, 0.3) is 6.08 Å². The maximum absolute atomic E-state index is 11.7. The average Bonchev–Trinajstić information content (AvgIpc) is 3.06. The van der Waals surface area contributed by atoms with Crippen LogP contribution in [0.4, 0.5) is 0 Å². The van der Waals surface area contributed by atoms with Gasteiger partial charge in [-0.1, -0.05) is 66.7 Å². The Morgan fingerprint density at radius 1 is 0.864 bits per heavy atom. The van der Waals surface area contributed by atoms with Gasteiger partial charge in [-0.2, -0.15) is 0 Å². The van der Waals surface area contributed by atoms with E-state index >= 15 is 0 Å². The lowest BCUT2D eigenvalue weighted by Crippen LogP contribution is -1.92. The van der Waals surface area contributed by atoms with Crippen LogP contribution in [0.15, 0.2) is 89.6 Å². The third-order valence-electron chi connectivity index (χ3n) is 2.95. The summed E-state index contributed by atoms with van der Waals surface area (Å²) in [6, 6.07) is 22.8. The van der Waals surface area contributed by atoms with Crippen LogP contribution in [-0.4, -0.2) is 5.78 Å². The molecule has 22 heavy (non-hydrogen) atoms. The van der Waals surface area contributed by atoms with Gasteiger partial charge in [0.15, 0.2) is 5.78 Å². The van der Waals surface area contributed by atoms with Crippen LogP contribution in [0.5, 0.6) is 0 Å². The van der Waals surface area contributed by atoms with Gasteiger partial charge in [-0.05, 0) is 30.7 Å². The number of allylic oxidation sites excluding steroid dienone is 1. The van der Waals surface area contributed by atoms with Crippen LogP contribution < -0.4 is 0 Å². The van der Waals surface area contributed by atoms with Gasteiger partial charge in [-0.3, -0.25) is 4.79 Å². The zero-order valence-corrected chi connectivity index (χ0v) is 12.5. The number of rotatable bonds is 3. The lowest BCUT2D eigenvalue weighted by atomic mass is 10.1. The number of carbonyl (C=O) groups is 1. The number of ketones is 1. The smallest absolute Gasteiger partial charge is 0.185 e. The second kappa shape index (κ2) is 8.42. The molecule has 0 aliphatic heterocycles. The molecule has 1 aromatic heterocycles. The number of hydrogen-bond acceptors (Lipinski definition) is 2. The van der Waals surface area contributed by atoms with Crippen molar-refractivity contribution in [2.24, 2.45) is 0 Å². The summed E-state index contributed by atoms with van der Waals surface area (Å²) in [4.78, 5) is 11.7. The van der Waals surface area contributed by atoms with Crippen LogP contribution in [0, 0.1) is 6.92 Å². The first-order chi connectivity index (χ1) is 10.8. The van der Waals surface area contributed by atoms with Crippen LogP contribution in [0.3, 0.4) is 0 Å². The molecule has 0 spiro atoms. The van der Waals surface area contributed by atoms with Gasteiger partial charge in [0.1, 0.15) is 5.76 Å². The molecule has 2 aromatic carbocycles. The fraction of sp³-hybridized carbons (Fsp3) is 0.0500. The molecule has 110 valence electrons. The molecule has 0 saturated carbocycles. The molecule has 0 atom stereocenters. The fourth-order valence-electron chi connectivity index (χ4n) is 1.80. The second-order valence-corrected chi connectivity index (χ2v) is 4.70. The van der Waals surface area contributed by atoms with E-state index < -0.39 is 0 Å². The predicted octanol–water partition coefficient (Wildman–Crippen LogP) is 5.17. The van der Waals surface area contributed by atoms with E-state index in [1.54, 1.807) is 12.3 Å². The minimum absolute atomic E-state index is 0.0319. The SMILES string of the molecule is Cc1ccco1.O=C(C=Cc1ccccc1)c1ccccc1. The fourth-order valence-corrected chi connectivity index (χ4v) is 1.80. The minimum atomic E-state index is 0.0319. The molecule has 0 unspecified atom stereocenters. The summed E-state index contributed by atoms with van der Waals surface area (Å²) >= 11 is 0. The summed E-state index contributed by atoms with van der Waals surface area (Å²) in [7, 11) is 0. The van der Waals surface area contributed by atoms with Crippen molar-refractivity contribution < 1.29 is 9.21 Å². The molecule has 0 aliphatic carbocycles. The summed E-state index contributed by atoms with van der Waals surface area (Å²) in [5.41, 5.74) is 1.75. The largest absolute Gasteiger partial charge is 0.470 e. The van der Waals surface area contributed by atoms with Gasteiger partial charge in [0.2, 0.25) is 0 Å². The van der Waals surface area contributed by atoms with Crippen molar-refractivity contribution >= 4 is 11.9 Å². The summed E-state index contributed by atoms with van der Waals surface area (Å²) in [5.74, 6) is 0.999. The van der Waals surface area contributed by atoms with Crippen molar-refractivity contribution in [2.75, 3.05) is 0 Å². The Hall–Kier alpha value is -2.87. The quantitative estimate of drug-likeness (QED) is 0.492. The third kappa shape index (κ3) is 5.25. The first kappa shape index (κ1) is 15.5. The van der Waals surface area contributed by atoms with Crippen molar-refractivity contribution in [3.05, 3.63) is 102 Å². The van der Waals surface area contributed by atoms with Gasteiger partial charge in [0, 0.05) is 5.56 Å². The zero-order chi connectivity index (χ0) is 15.6. The number of hydrogen-bond donors (Lipinski definition) is 0. The molecular formula is C20H18O2. The van der Waals surface area contributed by atoms with Crippen LogP contribution in [-0.2, 0) is 0 Å². The van der Waals surface area contributed by atoms with Gasteiger partial charge in [0.05, 0.1) is 6.26 Å². The van der Waals surface area contributed by atoms with Crippen molar-refractivity contribution in [2.45, 2.75) is 6.92 Å². The molecule has 2 nitrogen and oxygen atoms in total. The number of carbonyl (C=O) groups excluding carboxylic acids is 1. The highest BCUT2D eigenvalue weighted by Crippen LogP contribution is 2.05. The Bertz CT molecular complexity index is 696. The van der Waals surface area contributed by atoms with Gasteiger partial charge in [-0.25, -0.2) is 0 Å². The van der Waals surface area contributed by atoms with Crippen LogP contribution in [0.1, 0.15) is 21.7 Å². The average molecular weight is 290 g/mol. The second-order valence-electron chi connectivity index (χ2n) is 4.70. The Labute approximate surface area is 130 Å². The molecule has 0 N–H and O–H groups in total. The van der Waals surface area contributed by atoms with Crippen molar-refractivity contribution in [1.29, 1.82) is 0 Å². The van der Waals surface area contributed by atoms with Gasteiger partial charge in [-0.15, -0.1) is 0 Å². The van der Waals surface area contributed by atoms with Crippen molar-refractivity contribution in [1.82, 2.24) is 0 Å². The molecule has 0 fully saturated rings. The van der Waals surface area contributed by atoms with Gasteiger partial charge >= 0.3 is 0 Å². The third-order valence-corrected chi connectivity index (χ3v) is 2.95. The predicted molar refractivity (Wildman–Crippen MR) is 89.7 cm³/mol.